The van der Waals surface area contributed by atoms with E-state index in [4.69, 9.17) is 19.3 Å². The van der Waals surface area contributed by atoms with Crippen LogP contribution in [-0.2, 0) is 11.2 Å². The quantitative estimate of drug-likeness (QED) is 0.142. The Morgan fingerprint density at radius 2 is 1.54 bits per heavy atom. The molecule has 2 N–H and O–H groups in total. The molecule has 0 spiro atoms. The van der Waals surface area contributed by atoms with E-state index in [2.05, 4.69) is 34.6 Å². The summed E-state index contributed by atoms with van der Waals surface area (Å²) in [5.74, 6) is 3.87. The highest BCUT2D eigenvalue weighted by molar-refractivity contribution is 5.68. The molecule has 6 nitrogen and oxygen atoms in total. The number of aliphatic hydroxyl groups excluding tert-OH is 1. The third kappa shape index (κ3) is 11.4. The SMILES string of the molecule is Cc1c(C)c2c(c(C)c1OC(=O)OCCC(C)(O)CO)CCC(C)(CCCC(C)CCCC(C)CCCC(C)C)O2. The van der Waals surface area contributed by atoms with Gasteiger partial charge in [-0.1, -0.05) is 72.6 Å². The van der Waals surface area contributed by atoms with Crippen molar-refractivity contribution >= 4 is 6.16 Å². The first-order chi connectivity index (χ1) is 19.2. The molecule has 0 saturated heterocycles. The Labute approximate surface area is 250 Å². The first-order valence-corrected chi connectivity index (χ1v) is 16.2. The number of aliphatic hydroxyl groups is 2. The second kappa shape index (κ2) is 16.2. The van der Waals surface area contributed by atoms with Gasteiger partial charge < -0.3 is 24.4 Å². The van der Waals surface area contributed by atoms with Crippen molar-refractivity contribution in [2.75, 3.05) is 13.2 Å². The normalized spacial score (nSPS) is 19.7. The lowest BCUT2D eigenvalue weighted by Gasteiger charge is -2.38. The van der Waals surface area contributed by atoms with Gasteiger partial charge in [-0.05, 0) is 94.7 Å². The molecule has 1 aromatic carbocycles. The first kappa shape index (κ1) is 35.4. The van der Waals surface area contributed by atoms with E-state index in [9.17, 15) is 9.90 Å². The van der Waals surface area contributed by atoms with Crippen LogP contribution < -0.4 is 9.47 Å². The van der Waals surface area contributed by atoms with E-state index in [1.165, 1.54) is 58.3 Å². The van der Waals surface area contributed by atoms with E-state index in [0.29, 0.717) is 5.75 Å². The summed E-state index contributed by atoms with van der Waals surface area (Å²) < 4.78 is 17.5. The summed E-state index contributed by atoms with van der Waals surface area (Å²) in [5.41, 5.74) is 2.41. The van der Waals surface area contributed by atoms with E-state index in [-0.39, 0.29) is 18.6 Å². The summed E-state index contributed by atoms with van der Waals surface area (Å²) in [7, 11) is 0. The molecule has 6 heteroatoms. The van der Waals surface area contributed by atoms with Gasteiger partial charge in [-0.15, -0.1) is 0 Å². The van der Waals surface area contributed by atoms with Crippen molar-refractivity contribution in [1.29, 1.82) is 0 Å². The molecule has 0 aromatic heterocycles. The zero-order valence-corrected chi connectivity index (χ0v) is 27.7. The predicted molar refractivity (Wildman–Crippen MR) is 167 cm³/mol. The van der Waals surface area contributed by atoms with Gasteiger partial charge in [0.2, 0.25) is 0 Å². The van der Waals surface area contributed by atoms with Gasteiger partial charge in [-0.25, -0.2) is 4.79 Å². The molecule has 1 aliphatic heterocycles. The minimum atomic E-state index is -1.29. The van der Waals surface area contributed by atoms with Crippen LogP contribution in [0.5, 0.6) is 11.5 Å². The van der Waals surface area contributed by atoms with E-state index in [1.807, 2.05) is 20.8 Å². The molecule has 0 fully saturated rings. The average molecular weight is 577 g/mol. The maximum atomic E-state index is 12.4. The molecule has 0 aliphatic carbocycles. The second-order valence-corrected chi connectivity index (χ2v) is 14.0. The van der Waals surface area contributed by atoms with Gasteiger partial charge in [0.25, 0.3) is 0 Å². The lowest BCUT2D eigenvalue weighted by molar-refractivity contribution is -0.0213. The molecule has 1 aliphatic rings. The molecule has 0 bridgehead atoms. The molecule has 236 valence electrons. The molecule has 0 amide bonds. The van der Waals surface area contributed by atoms with Crippen LogP contribution in [0.15, 0.2) is 0 Å². The lowest BCUT2D eigenvalue weighted by Crippen LogP contribution is -2.37. The van der Waals surface area contributed by atoms with Crippen molar-refractivity contribution in [1.82, 2.24) is 0 Å². The number of ether oxygens (including phenoxy) is 3. The monoisotopic (exact) mass is 576 g/mol. The Hall–Kier alpha value is -1.79. The van der Waals surface area contributed by atoms with Crippen LogP contribution in [0.25, 0.3) is 0 Å². The van der Waals surface area contributed by atoms with Gasteiger partial charge in [-0.3, -0.25) is 0 Å². The molecule has 4 unspecified atom stereocenters. The van der Waals surface area contributed by atoms with Crippen molar-refractivity contribution in [3.63, 3.8) is 0 Å². The molecule has 0 radical (unpaired) electrons. The summed E-state index contributed by atoms with van der Waals surface area (Å²) in [6.07, 6.45) is 12.7. The largest absolute Gasteiger partial charge is 0.513 e. The number of carbonyl (C=O) groups excluding carboxylic acids is 1. The predicted octanol–water partition coefficient (Wildman–Crippen LogP) is 8.78. The highest BCUT2D eigenvalue weighted by Crippen LogP contribution is 2.45. The van der Waals surface area contributed by atoms with Crippen LogP contribution >= 0.6 is 0 Å². The molecular formula is C35H60O6. The highest BCUT2D eigenvalue weighted by Gasteiger charge is 2.35. The van der Waals surface area contributed by atoms with E-state index in [1.54, 1.807) is 0 Å². The zero-order chi connectivity index (χ0) is 30.8. The van der Waals surface area contributed by atoms with Crippen molar-refractivity contribution in [3.05, 3.63) is 22.3 Å². The van der Waals surface area contributed by atoms with Crippen LogP contribution in [0.3, 0.4) is 0 Å². The molecule has 0 saturated carbocycles. The lowest BCUT2D eigenvalue weighted by atomic mass is 9.83. The third-order valence-electron chi connectivity index (χ3n) is 9.22. The smallest absolute Gasteiger partial charge is 0.487 e. The van der Waals surface area contributed by atoms with Crippen molar-refractivity contribution in [2.24, 2.45) is 17.8 Å². The summed E-state index contributed by atoms with van der Waals surface area (Å²) in [6.45, 7) is 18.7. The fourth-order valence-electron chi connectivity index (χ4n) is 5.96. The number of carbonyl (C=O) groups is 1. The number of hydrogen-bond acceptors (Lipinski definition) is 6. The van der Waals surface area contributed by atoms with Crippen LogP contribution in [0.1, 0.15) is 134 Å². The van der Waals surface area contributed by atoms with Crippen LogP contribution in [0.2, 0.25) is 0 Å². The topological polar surface area (TPSA) is 85.2 Å². The van der Waals surface area contributed by atoms with Gasteiger partial charge in [0.1, 0.15) is 17.1 Å². The summed E-state index contributed by atoms with van der Waals surface area (Å²) in [6, 6.07) is 0. The summed E-state index contributed by atoms with van der Waals surface area (Å²) in [4.78, 5) is 12.4. The molecule has 1 heterocycles. The standard InChI is InChI=1S/C35H60O6/c1-24(2)13-10-14-25(3)15-11-16-26(4)17-12-19-35(9)20-18-30-29(7)31(27(5)28(6)32(30)41-35)40-33(37)39-22-21-34(8,38)23-36/h24-26,36,38H,10-23H2,1-9H3. The number of rotatable bonds is 17. The number of fused-ring (bicyclic) bond motifs is 1. The van der Waals surface area contributed by atoms with E-state index >= 15 is 0 Å². The van der Waals surface area contributed by atoms with Gasteiger partial charge in [-0.2, -0.15) is 0 Å². The van der Waals surface area contributed by atoms with Crippen molar-refractivity contribution in [2.45, 2.75) is 151 Å². The van der Waals surface area contributed by atoms with E-state index < -0.39 is 18.4 Å². The average Bonchev–Trinajstić information content (AvgIpc) is 2.89. The van der Waals surface area contributed by atoms with E-state index in [0.717, 1.165) is 65.0 Å². The fraction of sp³-hybridized carbons (Fsp3) is 0.800. The Balaban J connectivity index is 1.87. The Morgan fingerprint density at radius 3 is 2.12 bits per heavy atom. The fourth-order valence-corrected chi connectivity index (χ4v) is 5.96. The minimum Gasteiger partial charge on any atom is -0.487 e. The first-order valence-electron chi connectivity index (χ1n) is 16.2. The van der Waals surface area contributed by atoms with Crippen LogP contribution in [0, 0.1) is 38.5 Å². The number of benzene rings is 1. The Bertz CT molecular complexity index is 968. The van der Waals surface area contributed by atoms with Gasteiger partial charge in [0.15, 0.2) is 0 Å². The molecule has 2 rings (SSSR count). The minimum absolute atomic E-state index is 0.0357. The zero-order valence-electron chi connectivity index (χ0n) is 27.7. The Morgan fingerprint density at radius 1 is 0.951 bits per heavy atom. The van der Waals surface area contributed by atoms with Crippen LogP contribution in [-0.4, -0.2) is 40.8 Å². The Kier molecular flexibility index (Phi) is 14.0. The van der Waals surface area contributed by atoms with Gasteiger partial charge in [0.05, 0.1) is 18.8 Å². The van der Waals surface area contributed by atoms with Crippen molar-refractivity contribution < 1.29 is 29.2 Å². The molecular weight excluding hydrogens is 516 g/mol. The number of hydrogen-bond donors (Lipinski definition) is 2. The molecule has 1 aromatic rings. The molecule has 41 heavy (non-hydrogen) atoms. The highest BCUT2D eigenvalue weighted by atomic mass is 16.7. The molecule has 4 atom stereocenters. The van der Waals surface area contributed by atoms with Crippen LogP contribution in [0.4, 0.5) is 4.79 Å². The third-order valence-corrected chi connectivity index (χ3v) is 9.22. The second-order valence-electron chi connectivity index (χ2n) is 14.0. The van der Waals surface area contributed by atoms with Crippen molar-refractivity contribution in [3.8, 4) is 11.5 Å². The maximum Gasteiger partial charge on any atom is 0.513 e. The maximum absolute atomic E-state index is 12.4. The summed E-state index contributed by atoms with van der Waals surface area (Å²) in [5, 5.41) is 19.1. The van der Waals surface area contributed by atoms with Gasteiger partial charge >= 0.3 is 6.16 Å². The summed E-state index contributed by atoms with van der Waals surface area (Å²) >= 11 is 0. The van der Waals surface area contributed by atoms with Gasteiger partial charge in [0, 0.05) is 12.0 Å².